The molecule has 294 valence electrons. The summed E-state index contributed by atoms with van der Waals surface area (Å²) in [5.41, 5.74) is 17.1. The van der Waals surface area contributed by atoms with E-state index in [9.17, 15) is 0 Å². The van der Waals surface area contributed by atoms with Crippen LogP contribution in [0.15, 0.2) is 223 Å². The Morgan fingerprint density at radius 1 is 0.266 bits per heavy atom. The fourth-order valence-electron chi connectivity index (χ4n) is 12.4. The van der Waals surface area contributed by atoms with E-state index in [0.717, 1.165) is 21.9 Å². The summed E-state index contributed by atoms with van der Waals surface area (Å²) in [6, 6.07) is 81.7. The molecule has 2 aliphatic carbocycles. The molecular formula is C63H36O. The van der Waals surface area contributed by atoms with Crippen LogP contribution < -0.4 is 0 Å². The van der Waals surface area contributed by atoms with Crippen LogP contribution in [0, 0.1) is 0 Å². The van der Waals surface area contributed by atoms with Crippen LogP contribution in [0.5, 0.6) is 0 Å². The van der Waals surface area contributed by atoms with Gasteiger partial charge in [-0.3, -0.25) is 0 Å². The molecule has 13 aromatic rings. The molecule has 0 bridgehead atoms. The van der Waals surface area contributed by atoms with Crippen molar-refractivity contribution in [3.8, 4) is 44.5 Å². The largest absolute Gasteiger partial charge is 0.456 e. The first kappa shape index (κ1) is 34.3. The van der Waals surface area contributed by atoms with Crippen molar-refractivity contribution < 1.29 is 4.42 Å². The van der Waals surface area contributed by atoms with Crippen molar-refractivity contribution in [3.63, 3.8) is 0 Å². The summed E-state index contributed by atoms with van der Waals surface area (Å²) in [6.45, 7) is 0. The Balaban J connectivity index is 1.03. The van der Waals surface area contributed by atoms with Crippen LogP contribution in [-0.2, 0) is 5.41 Å². The van der Waals surface area contributed by atoms with Gasteiger partial charge in [-0.2, -0.15) is 0 Å². The predicted octanol–water partition coefficient (Wildman–Crippen LogP) is 17.0. The van der Waals surface area contributed by atoms with Crippen LogP contribution in [0.1, 0.15) is 22.3 Å². The number of hydrogen-bond acceptors (Lipinski definition) is 1. The number of rotatable bonds is 2. The Hall–Kier alpha value is -8.26. The van der Waals surface area contributed by atoms with E-state index in [1.165, 1.54) is 121 Å². The van der Waals surface area contributed by atoms with E-state index < -0.39 is 5.41 Å². The van der Waals surface area contributed by atoms with E-state index in [1.807, 2.05) is 6.07 Å². The standard InChI is InChI=1S/C63H36O/c1-3-20-46-41(15-1)42-16-2-8-25-51(42)62-60(46)52-33-29-37-35-38(30-32-40(37)61(52)63(62)54-26-12-9-17-43(54)44-18-10-13-27-55(44)63)58-47-21-4-6-23-49(47)59(50-24-7-5-22-48(50)58)39-31-34-57-53(36-39)45-19-11-14-28-56(45)64-57/h1-36H. The van der Waals surface area contributed by atoms with E-state index in [0.29, 0.717) is 0 Å². The van der Waals surface area contributed by atoms with Gasteiger partial charge in [0.15, 0.2) is 0 Å². The molecule has 1 nitrogen and oxygen atoms in total. The van der Waals surface area contributed by atoms with Crippen LogP contribution in [0.25, 0.3) is 120 Å². The Labute approximate surface area is 369 Å². The van der Waals surface area contributed by atoms with Crippen molar-refractivity contribution in [2.75, 3.05) is 0 Å². The van der Waals surface area contributed by atoms with Gasteiger partial charge in [-0.1, -0.05) is 194 Å². The molecule has 64 heavy (non-hydrogen) atoms. The zero-order chi connectivity index (χ0) is 41.7. The number of para-hydroxylation sites is 1. The second kappa shape index (κ2) is 12.4. The number of benzene rings is 12. The summed E-state index contributed by atoms with van der Waals surface area (Å²) in [5, 5.41) is 15.0. The van der Waals surface area contributed by atoms with Gasteiger partial charge in [0.25, 0.3) is 0 Å². The lowest BCUT2D eigenvalue weighted by Gasteiger charge is -2.32. The molecule has 0 fully saturated rings. The fraction of sp³-hybridized carbons (Fsp3) is 0.0159. The van der Waals surface area contributed by atoms with Crippen molar-refractivity contribution in [3.05, 3.63) is 241 Å². The third-order valence-electron chi connectivity index (χ3n) is 14.8. The highest BCUT2D eigenvalue weighted by Crippen LogP contribution is 2.66. The molecule has 0 amide bonds. The molecule has 1 spiro atoms. The molecule has 0 radical (unpaired) electrons. The lowest BCUT2D eigenvalue weighted by atomic mass is 9.68. The molecule has 1 heterocycles. The van der Waals surface area contributed by atoms with Gasteiger partial charge in [0.05, 0.1) is 5.41 Å². The molecule has 1 heteroatoms. The predicted molar refractivity (Wildman–Crippen MR) is 268 cm³/mol. The minimum Gasteiger partial charge on any atom is -0.456 e. The van der Waals surface area contributed by atoms with Gasteiger partial charge in [0.2, 0.25) is 0 Å². The van der Waals surface area contributed by atoms with E-state index in [4.69, 9.17) is 4.42 Å². The molecular weight excluding hydrogens is 773 g/mol. The summed E-state index contributed by atoms with van der Waals surface area (Å²) >= 11 is 0. The van der Waals surface area contributed by atoms with Crippen molar-refractivity contribution in [2.45, 2.75) is 5.41 Å². The first-order valence-electron chi connectivity index (χ1n) is 22.3. The monoisotopic (exact) mass is 808 g/mol. The summed E-state index contributed by atoms with van der Waals surface area (Å²) in [4.78, 5) is 0. The van der Waals surface area contributed by atoms with Crippen LogP contribution in [0.3, 0.4) is 0 Å². The van der Waals surface area contributed by atoms with Gasteiger partial charge in [0.1, 0.15) is 11.2 Å². The molecule has 1 aromatic heterocycles. The highest BCUT2D eigenvalue weighted by Gasteiger charge is 2.53. The van der Waals surface area contributed by atoms with Gasteiger partial charge in [0, 0.05) is 10.8 Å². The first-order valence-corrected chi connectivity index (χ1v) is 22.3. The SMILES string of the molecule is c1ccc2c(c1)-c1ccccc1C21c2c(ccc3cc(-c4c5ccccc5c(-c5ccc6oc7ccccc7c6c5)c5ccccc45)ccc23)-c2c1c1ccccc1c1ccccc21. The molecule has 0 saturated heterocycles. The summed E-state index contributed by atoms with van der Waals surface area (Å²) < 4.78 is 6.28. The highest BCUT2D eigenvalue weighted by atomic mass is 16.3. The van der Waals surface area contributed by atoms with Crippen LogP contribution >= 0.6 is 0 Å². The summed E-state index contributed by atoms with van der Waals surface area (Å²) in [7, 11) is 0. The lowest BCUT2D eigenvalue weighted by Crippen LogP contribution is -2.26. The lowest BCUT2D eigenvalue weighted by molar-refractivity contribution is 0.669. The molecule has 12 aromatic carbocycles. The zero-order valence-electron chi connectivity index (χ0n) is 34.7. The smallest absolute Gasteiger partial charge is 0.135 e. The average molecular weight is 809 g/mol. The highest BCUT2D eigenvalue weighted by molar-refractivity contribution is 6.24. The topological polar surface area (TPSA) is 13.1 Å². The van der Waals surface area contributed by atoms with E-state index in [2.05, 4.69) is 212 Å². The Kier molecular flexibility index (Phi) is 6.67. The van der Waals surface area contributed by atoms with Crippen LogP contribution in [0.4, 0.5) is 0 Å². The van der Waals surface area contributed by atoms with Gasteiger partial charge in [-0.05, 0) is 145 Å². The van der Waals surface area contributed by atoms with Crippen LogP contribution in [0.2, 0.25) is 0 Å². The van der Waals surface area contributed by atoms with Crippen molar-refractivity contribution in [1.82, 2.24) is 0 Å². The normalized spacial score (nSPS) is 13.4. The molecule has 15 rings (SSSR count). The first-order chi connectivity index (χ1) is 31.8. The molecule has 0 aliphatic heterocycles. The Bertz CT molecular complexity index is 4100. The maximum absolute atomic E-state index is 6.28. The second-order valence-corrected chi connectivity index (χ2v) is 17.8. The summed E-state index contributed by atoms with van der Waals surface area (Å²) in [5.74, 6) is 0. The Morgan fingerprint density at radius 2 is 0.734 bits per heavy atom. The molecule has 0 saturated carbocycles. The fourth-order valence-corrected chi connectivity index (χ4v) is 12.4. The zero-order valence-corrected chi connectivity index (χ0v) is 34.7. The minimum atomic E-state index is -0.509. The minimum absolute atomic E-state index is 0.509. The van der Waals surface area contributed by atoms with E-state index >= 15 is 0 Å². The second-order valence-electron chi connectivity index (χ2n) is 17.8. The van der Waals surface area contributed by atoms with Gasteiger partial charge in [-0.25, -0.2) is 0 Å². The third kappa shape index (κ3) is 4.24. The molecule has 2 aliphatic rings. The number of furan rings is 1. The number of hydrogen-bond donors (Lipinski definition) is 0. The maximum Gasteiger partial charge on any atom is 0.135 e. The van der Waals surface area contributed by atoms with Crippen LogP contribution in [-0.4, -0.2) is 0 Å². The van der Waals surface area contributed by atoms with E-state index in [1.54, 1.807) is 0 Å². The van der Waals surface area contributed by atoms with E-state index in [-0.39, 0.29) is 0 Å². The summed E-state index contributed by atoms with van der Waals surface area (Å²) in [6.07, 6.45) is 0. The third-order valence-corrected chi connectivity index (χ3v) is 14.8. The quantitative estimate of drug-likeness (QED) is 0.125. The van der Waals surface area contributed by atoms with Gasteiger partial charge in [-0.15, -0.1) is 0 Å². The van der Waals surface area contributed by atoms with Gasteiger partial charge < -0.3 is 4.42 Å². The molecule has 0 N–H and O–H groups in total. The maximum atomic E-state index is 6.28. The van der Waals surface area contributed by atoms with Crippen molar-refractivity contribution in [1.29, 1.82) is 0 Å². The van der Waals surface area contributed by atoms with Crippen molar-refractivity contribution >= 4 is 75.8 Å². The number of fused-ring (bicyclic) bond motifs is 22. The average Bonchev–Trinajstić information content (AvgIpc) is 4.00. The Morgan fingerprint density at radius 3 is 1.38 bits per heavy atom. The molecule has 0 unspecified atom stereocenters. The molecule has 0 atom stereocenters. The van der Waals surface area contributed by atoms with Gasteiger partial charge >= 0.3 is 0 Å². The van der Waals surface area contributed by atoms with Crippen molar-refractivity contribution in [2.24, 2.45) is 0 Å².